The highest BCUT2D eigenvalue weighted by Crippen LogP contribution is 2.45. The highest BCUT2D eigenvalue weighted by Gasteiger charge is 2.41. The monoisotopic (exact) mass is 421 g/mol. The number of halogens is 1. The maximum absolute atomic E-state index is 10.8. The van der Waals surface area contributed by atoms with Crippen LogP contribution in [0.25, 0.3) is 0 Å². The third kappa shape index (κ3) is 4.68. The molecule has 1 aromatic carbocycles. The summed E-state index contributed by atoms with van der Waals surface area (Å²) in [6.45, 7) is 12.6. The van der Waals surface area contributed by atoms with Crippen molar-refractivity contribution >= 4 is 0 Å². The summed E-state index contributed by atoms with van der Waals surface area (Å²) in [4.78, 5) is 0. The molecule has 0 heterocycles. The van der Waals surface area contributed by atoms with Crippen LogP contribution in [0.15, 0.2) is 54.6 Å². The van der Waals surface area contributed by atoms with Gasteiger partial charge < -0.3 is 26.6 Å². The van der Waals surface area contributed by atoms with Crippen LogP contribution in [-0.4, -0.2) is 41.4 Å². The van der Waals surface area contributed by atoms with Crippen LogP contribution in [0.1, 0.15) is 52.5 Å². The second-order valence-electron chi connectivity index (χ2n) is 8.56. The number of quaternary nitrogens is 1. The molecule has 1 aliphatic carbocycles. The second-order valence-corrected chi connectivity index (χ2v) is 8.56. The molecular formula is C23H36BrNO. The number of allylic oxidation sites excluding steroid dienone is 2. The first-order chi connectivity index (χ1) is 11.7. The van der Waals surface area contributed by atoms with Crippen molar-refractivity contribution in [1.82, 2.24) is 0 Å². The third-order valence-corrected chi connectivity index (χ3v) is 6.71. The standard InChI is InChI=1S/C23H36NO.BrH/c1-18(2)24(6,19(3)4)17-15-21(20-12-8-7-9-13-20)23(5)16-11-10-14-22(23)25;/h7-14,16,18-19,21-22,25H,15,17H2,1-6H3;1H/q+1;/p-1/t21-,22?,23?;/m1./s1. The fourth-order valence-corrected chi connectivity index (χ4v) is 4.10. The minimum absolute atomic E-state index is 0. The smallest absolute Gasteiger partial charge is 0.0833 e. The van der Waals surface area contributed by atoms with Crippen LogP contribution < -0.4 is 17.0 Å². The van der Waals surface area contributed by atoms with Crippen molar-refractivity contribution in [1.29, 1.82) is 0 Å². The Hall–Kier alpha value is -0.900. The average Bonchev–Trinajstić information content (AvgIpc) is 2.58. The van der Waals surface area contributed by atoms with E-state index in [1.807, 2.05) is 12.2 Å². The van der Waals surface area contributed by atoms with Gasteiger partial charge in [-0.1, -0.05) is 61.6 Å². The number of aliphatic hydroxyl groups is 1. The van der Waals surface area contributed by atoms with E-state index in [0.29, 0.717) is 18.0 Å². The van der Waals surface area contributed by atoms with E-state index in [1.54, 1.807) is 0 Å². The number of hydrogen-bond acceptors (Lipinski definition) is 1. The number of rotatable bonds is 7. The number of benzene rings is 1. The lowest BCUT2D eigenvalue weighted by Crippen LogP contribution is -3.00. The highest BCUT2D eigenvalue weighted by atomic mass is 79.9. The summed E-state index contributed by atoms with van der Waals surface area (Å²) < 4.78 is 1.05. The maximum atomic E-state index is 10.8. The van der Waals surface area contributed by atoms with Crippen LogP contribution in [0, 0.1) is 5.41 Å². The van der Waals surface area contributed by atoms with E-state index in [-0.39, 0.29) is 22.4 Å². The van der Waals surface area contributed by atoms with Gasteiger partial charge in [0, 0.05) is 17.8 Å². The number of hydrogen-bond donors (Lipinski definition) is 1. The topological polar surface area (TPSA) is 20.2 Å². The maximum Gasteiger partial charge on any atom is 0.0833 e. The van der Waals surface area contributed by atoms with Crippen LogP contribution in [0.3, 0.4) is 0 Å². The predicted molar refractivity (Wildman–Crippen MR) is 108 cm³/mol. The molecule has 1 aliphatic rings. The highest BCUT2D eigenvalue weighted by molar-refractivity contribution is 5.30. The number of aliphatic hydroxyl groups excluding tert-OH is 1. The molecular weight excluding hydrogens is 386 g/mol. The van der Waals surface area contributed by atoms with Crippen molar-refractivity contribution < 1.29 is 26.6 Å². The van der Waals surface area contributed by atoms with Gasteiger partial charge in [0.2, 0.25) is 0 Å². The summed E-state index contributed by atoms with van der Waals surface area (Å²) in [5, 5.41) is 10.8. The molecule has 0 amide bonds. The lowest BCUT2D eigenvalue weighted by atomic mass is 9.66. The molecule has 0 fully saturated rings. The Morgan fingerprint density at radius 2 is 1.62 bits per heavy atom. The lowest BCUT2D eigenvalue weighted by Gasteiger charge is -2.46. The van der Waals surface area contributed by atoms with Crippen molar-refractivity contribution in [2.45, 2.75) is 65.1 Å². The first kappa shape index (κ1) is 23.1. The van der Waals surface area contributed by atoms with Gasteiger partial charge in [0.1, 0.15) is 0 Å². The Balaban J connectivity index is 0.00000338. The van der Waals surface area contributed by atoms with Crippen molar-refractivity contribution in [2.24, 2.45) is 5.41 Å². The van der Waals surface area contributed by atoms with Crippen molar-refractivity contribution in [3.05, 3.63) is 60.2 Å². The Kier molecular flexibility index (Phi) is 8.32. The van der Waals surface area contributed by atoms with Crippen LogP contribution in [-0.2, 0) is 0 Å². The zero-order valence-corrected chi connectivity index (χ0v) is 18.8. The Labute approximate surface area is 171 Å². The Morgan fingerprint density at radius 3 is 2.12 bits per heavy atom. The molecule has 2 nitrogen and oxygen atoms in total. The summed E-state index contributed by atoms with van der Waals surface area (Å²) in [5.74, 6) is 0.292. The molecule has 3 atom stereocenters. The molecule has 2 rings (SSSR count). The van der Waals surface area contributed by atoms with Gasteiger partial charge in [-0.3, -0.25) is 0 Å². The Morgan fingerprint density at radius 1 is 1.04 bits per heavy atom. The summed E-state index contributed by atoms with van der Waals surface area (Å²) in [7, 11) is 2.37. The molecule has 0 bridgehead atoms. The van der Waals surface area contributed by atoms with E-state index in [9.17, 15) is 5.11 Å². The van der Waals surface area contributed by atoms with Gasteiger partial charge in [-0.15, -0.1) is 0 Å². The van der Waals surface area contributed by atoms with Crippen molar-refractivity contribution in [3.63, 3.8) is 0 Å². The normalized spacial score (nSPS) is 24.0. The van der Waals surface area contributed by atoms with E-state index >= 15 is 0 Å². The quantitative estimate of drug-likeness (QED) is 0.666. The molecule has 1 aromatic rings. The summed E-state index contributed by atoms with van der Waals surface area (Å²) in [6, 6.07) is 11.9. The van der Waals surface area contributed by atoms with Gasteiger partial charge >= 0.3 is 0 Å². The van der Waals surface area contributed by atoms with Gasteiger partial charge in [-0.2, -0.15) is 0 Å². The first-order valence-electron chi connectivity index (χ1n) is 9.65. The molecule has 1 N–H and O–H groups in total. The minimum atomic E-state index is -0.445. The summed E-state index contributed by atoms with van der Waals surface area (Å²) in [5.41, 5.74) is 1.05. The first-order valence-corrected chi connectivity index (χ1v) is 9.65. The van der Waals surface area contributed by atoms with E-state index in [4.69, 9.17) is 0 Å². The largest absolute Gasteiger partial charge is 1.00 e. The van der Waals surface area contributed by atoms with E-state index < -0.39 is 6.10 Å². The van der Waals surface area contributed by atoms with E-state index in [2.05, 4.69) is 84.2 Å². The average molecular weight is 422 g/mol. The van der Waals surface area contributed by atoms with Gasteiger partial charge in [0.15, 0.2) is 0 Å². The lowest BCUT2D eigenvalue weighted by molar-refractivity contribution is -0.949. The van der Waals surface area contributed by atoms with Gasteiger partial charge in [0.05, 0.1) is 31.8 Å². The fraction of sp³-hybridized carbons (Fsp3) is 0.565. The SMILES string of the molecule is CC(C)[N+](C)(CC[C@H](c1ccccc1)C1(C)C=CC=CC1O)C(C)C.[Br-]. The molecule has 26 heavy (non-hydrogen) atoms. The molecule has 0 saturated heterocycles. The predicted octanol–water partition coefficient (Wildman–Crippen LogP) is 1.92. The van der Waals surface area contributed by atoms with Crippen LogP contribution in [0.2, 0.25) is 0 Å². The van der Waals surface area contributed by atoms with Crippen molar-refractivity contribution in [2.75, 3.05) is 13.6 Å². The third-order valence-electron chi connectivity index (χ3n) is 6.71. The zero-order chi connectivity index (χ0) is 18.7. The minimum Gasteiger partial charge on any atom is -1.00 e. The van der Waals surface area contributed by atoms with E-state index in [0.717, 1.165) is 17.4 Å². The van der Waals surface area contributed by atoms with E-state index in [1.165, 1.54) is 5.56 Å². The molecule has 0 saturated carbocycles. The molecule has 0 aliphatic heterocycles. The second kappa shape index (κ2) is 9.34. The van der Waals surface area contributed by atoms with Crippen LogP contribution >= 0.6 is 0 Å². The summed E-state index contributed by atoms with van der Waals surface area (Å²) in [6.07, 6.45) is 8.78. The molecule has 0 spiro atoms. The molecule has 0 radical (unpaired) electrons. The van der Waals surface area contributed by atoms with Crippen LogP contribution in [0.4, 0.5) is 0 Å². The van der Waals surface area contributed by atoms with Crippen molar-refractivity contribution in [3.8, 4) is 0 Å². The Bertz CT molecular complexity index is 600. The van der Waals surface area contributed by atoms with Gasteiger partial charge in [0.25, 0.3) is 0 Å². The van der Waals surface area contributed by atoms with Gasteiger partial charge in [-0.25, -0.2) is 0 Å². The van der Waals surface area contributed by atoms with Gasteiger partial charge in [-0.05, 0) is 33.3 Å². The summed E-state index contributed by atoms with van der Waals surface area (Å²) >= 11 is 0. The molecule has 146 valence electrons. The molecule has 2 unspecified atom stereocenters. The molecule has 3 heteroatoms. The fourth-order valence-electron chi connectivity index (χ4n) is 4.10. The molecule has 0 aromatic heterocycles. The van der Waals surface area contributed by atoms with Crippen LogP contribution in [0.5, 0.6) is 0 Å². The number of nitrogens with zero attached hydrogens (tertiary/aromatic N) is 1. The zero-order valence-electron chi connectivity index (χ0n) is 17.2.